The average molecular weight is 277 g/mol. The summed E-state index contributed by atoms with van der Waals surface area (Å²) in [6.45, 7) is 4.86. The maximum atomic E-state index is 12.0. The molecule has 0 aromatic carbocycles. The second kappa shape index (κ2) is 11.8. The van der Waals surface area contributed by atoms with Gasteiger partial charge < -0.3 is 10.6 Å². The molecule has 1 rings (SSSR count). The van der Waals surface area contributed by atoms with Crippen LogP contribution >= 0.6 is 12.4 Å². The Balaban J connectivity index is 0.00000289. The van der Waals surface area contributed by atoms with Crippen molar-refractivity contribution < 1.29 is 4.79 Å². The first-order chi connectivity index (χ1) is 8.34. The first-order valence-electron chi connectivity index (χ1n) is 7.33. The fourth-order valence-corrected chi connectivity index (χ4v) is 2.44. The van der Waals surface area contributed by atoms with Crippen LogP contribution in [-0.4, -0.2) is 25.5 Å². The van der Waals surface area contributed by atoms with Gasteiger partial charge in [-0.3, -0.25) is 4.79 Å². The molecule has 0 unspecified atom stereocenters. The maximum absolute atomic E-state index is 12.0. The highest BCUT2D eigenvalue weighted by molar-refractivity contribution is 5.85. The van der Waals surface area contributed by atoms with Crippen LogP contribution in [0, 0.1) is 5.92 Å². The van der Waals surface area contributed by atoms with Crippen molar-refractivity contribution in [3.05, 3.63) is 0 Å². The van der Waals surface area contributed by atoms with Crippen molar-refractivity contribution in [1.29, 1.82) is 0 Å². The highest BCUT2D eigenvalue weighted by atomic mass is 35.5. The van der Waals surface area contributed by atoms with Gasteiger partial charge in [0.25, 0.3) is 0 Å². The summed E-state index contributed by atoms with van der Waals surface area (Å²) in [5.41, 5.74) is 0. The first kappa shape index (κ1) is 17.7. The molecule has 4 heteroatoms. The van der Waals surface area contributed by atoms with Gasteiger partial charge in [-0.25, -0.2) is 0 Å². The molecule has 1 aliphatic rings. The Kier molecular flexibility index (Phi) is 11.6. The first-order valence-corrected chi connectivity index (χ1v) is 7.33. The van der Waals surface area contributed by atoms with Gasteiger partial charge in [0, 0.05) is 19.0 Å². The smallest absolute Gasteiger partial charge is 0.223 e. The van der Waals surface area contributed by atoms with Crippen molar-refractivity contribution in [3.8, 4) is 0 Å². The number of carbonyl (C=O) groups is 1. The third-order valence-electron chi connectivity index (χ3n) is 3.50. The molecule has 0 saturated heterocycles. The molecule has 18 heavy (non-hydrogen) atoms. The van der Waals surface area contributed by atoms with Crippen molar-refractivity contribution >= 4 is 18.3 Å². The molecule has 0 radical (unpaired) electrons. The van der Waals surface area contributed by atoms with Crippen LogP contribution < -0.4 is 10.6 Å². The normalized spacial score (nSPS) is 17.4. The van der Waals surface area contributed by atoms with E-state index in [4.69, 9.17) is 0 Å². The number of hydrogen-bond donors (Lipinski definition) is 2. The number of carbonyl (C=O) groups excluding carboxylic acids is 1. The molecule has 2 N–H and O–H groups in total. The number of rotatable bonds is 6. The van der Waals surface area contributed by atoms with E-state index in [1.807, 2.05) is 0 Å². The summed E-state index contributed by atoms with van der Waals surface area (Å²) in [6, 6.07) is 0. The zero-order valence-corrected chi connectivity index (χ0v) is 12.5. The van der Waals surface area contributed by atoms with E-state index < -0.39 is 0 Å². The molecule has 1 saturated carbocycles. The topological polar surface area (TPSA) is 41.1 Å². The quantitative estimate of drug-likeness (QED) is 0.733. The lowest BCUT2D eigenvalue weighted by molar-refractivity contribution is -0.125. The van der Waals surface area contributed by atoms with Crippen molar-refractivity contribution in [2.24, 2.45) is 5.92 Å². The molecule has 1 aliphatic carbocycles. The Labute approximate surface area is 118 Å². The van der Waals surface area contributed by atoms with E-state index in [0.717, 1.165) is 38.9 Å². The third kappa shape index (κ3) is 7.93. The number of nitrogens with one attached hydrogen (secondary N) is 2. The predicted octanol–water partition coefficient (Wildman–Crippen LogP) is 2.88. The lowest BCUT2D eigenvalue weighted by Gasteiger charge is -2.19. The second-order valence-corrected chi connectivity index (χ2v) is 5.08. The fourth-order valence-electron chi connectivity index (χ4n) is 2.44. The largest absolute Gasteiger partial charge is 0.355 e. The van der Waals surface area contributed by atoms with E-state index in [-0.39, 0.29) is 24.2 Å². The molecule has 0 aromatic heterocycles. The van der Waals surface area contributed by atoms with Crippen LogP contribution in [0.4, 0.5) is 0 Å². The predicted molar refractivity (Wildman–Crippen MR) is 79.2 cm³/mol. The maximum Gasteiger partial charge on any atom is 0.223 e. The molecule has 0 bridgehead atoms. The number of hydrogen-bond acceptors (Lipinski definition) is 2. The summed E-state index contributed by atoms with van der Waals surface area (Å²) in [5, 5.41) is 6.36. The van der Waals surface area contributed by atoms with Crippen LogP contribution in [0.3, 0.4) is 0 Å². The average Bonchev–Trinajstić information content (AvgIpc) is 2.28. The summed E-state index contributed by atoms with van der Waals surface area (Å²) in [7, 11) is 0. The van der Waals surface area contributed by atoms with Gasteiger partial charge in [-0.05, 0) is 25.8 Å². The van der Waals surface area contributed by atoms with Crippen LogP contribution in [-0.2, 0) is 4.79 Å². The Morgan fingerprint density at radius 2 is 1.61 bits per heavy atom. The van der Waals surface area contributed by atoms with Gasteiger partial charge >= 0.3 is 0 Å². The fraction of sp³-hybridized carbons (Fsp3) is 0.929. The van der Waals surface area contributed by atoms with Gasteiger partial charge in [-0.1, -0.05) is 39.0 Å². The van der Waals surface area contributed by atoms with Crippen LogP contribution in [0.2, 0.25) is 0 Å². The minimum absolute atomic E-state index is 0. The molecule has 1 amide bonds. The molecule has 1 fully saturated rings. The highest BCUT2D eigenvalue weighted by Gasteiger charge is 2.18. The van der Waals surface area contributed by atoms with Crippen LogP contribution in [0.5, 0.6) is 0 Å². The van der Waals surface area contributed by atoms with E-state index in [0.29, 0.717) is 0 Å². The van der Waals surface area contributed by atoms with Crippen molar-refractivity contribution in [3.63, 3.8) is 0 Å². The van der Waals surface area contributed by atoms with E-state index in [1.54, 1.807) is 0 Å². The van der Waals surface area contributed by atoms with Gasteiger partial charge in [0.1, 0.15) is 0 Å². The summed E-state index contributed by atoms with van der Waals surface area (Å²) in [6.07, 6.45) is 9.76. The molecule has 0 atom stereocenters. The van der Waals surface area contributed by atoms with E-state index in [1.165, 1.54) is 32.1 Å². The number of halogens is 1. The molecule has 3 nitrogen and oxygen atoms in total. The Hall–Kier alpha value is -0.280. The summed E-state index contributed by atoms with van der Waals surface area (Å²) >= 11 is 0. The summed E-state index contributed by atoms with van der Waals surface area (Å²) in [4.78, 5) is 12.0. The minimum atomic E-state index is 0. The second-order valence-electron chi connectivity index (χ2n) is 5.08. The van der Waals surface area contributed by atoms with Crippen molar-refractivity contribution in [2.45, 2.75) is 58.3 Å². The van der Waals surface area contributed by atoms with Crippen molar-refractivity contribution in [2.75, 3.05) is 19.6 Å². The summed E-state index contributed by atoms with van der Waals surface area (Å²) < 4.78 is 0. The SMILES string of the molecule is CCCNCCNC(=O)C1CCCCCCC1.Cl. The lowest BCUT2D eigenvalue weighted by atomic mass is 9.90. The van der Waals surface area contributed by atoms with Crippen molar-refractivity contribution in [1.82, 2.24) is 10.6 Å². The van der Waals surface area contributed by atoms with Gasteiger partial charge in [-0.15, -0.1) is 12.4 Å². The van der Waals surface area contributed by atoms with Gasteiger partial charge in [0.05, 0.1) is 0 Å². The standard InChI is InChI=1S/C14H28N2O.ClH/c1-2-10-15-11-12-16-14(17)13-8-6-4-3-5-7-9-13;/h13,15H,2-12H2,1H3,(H,16,17);1H. The minimum Gasteiger partial charge on any atom is -0.355 e. The van der Waals surface area contributed by atoms with E-state index in [2.05, 4.69) is 17.6 Å². The molecular weight excluding hydrogens is 248 g/mol. The van der Waals surface area contributed by atoms with Crippen LogP contribution in [0.15, 0.2) is 0 Å². The lowest BCUT2D eigenvalue weighted by Crippen LogP contribution is -2.36. The van der Waals surface area contributed by atoms with Gasteiger partial charge in [0.2, 0.25) is 5.91 Å². The third-order valence-corrected chi connectivity index (χ3v) is 3.50. The number of amides is 1. The molecule has 0 spiro atoms. The summed E-state index contributed by atoms with van der Waals surface area (Å²) in [5.74, 6) is 0.562. The molecule has 0 aromatic rings. The Bertz CT molecular complexity index is 204. The Morgan fingerprint density at radius 1 is 1.00 bits per heavy atom. The van der Waals surface area contributed by atoms with Crippen LogP contribution in [0.25, 0.3) is 0 Å². The van der Waals surface area contributed by atoms with Crippen LogP contribution in [0.1, 0.15) is 58.3 Å². The molecular formula is C14H29ClN2O. The van der Waals surface area contributed by atoms with E-state index in [9.17, 15) is 4.79 Å². The zero-order chi connectivity index (χ0) is 12.3. The molecule has 0 heterocycles. The Morgan fingerprint density at radius 3 is 2.22 bits per heavy atom. The molecule has 108 valence electrons. The highest BCUT2D eigenvalue weighted by Crippen LogP contribution is 2.22. The van der Waals surface area contributed by atoms with E-state index >= 15 is 0 Å². The van der Waals surface area contributed by atoms with Gasteiger partial charge in [-0.2, -0.15) is 0 Å². The zero-order valence-electron chi connectivity index (χ0n) is 11.7. The van der Waals surface area contributed by atoms with Gasteiger partial charge in [0.15, 0.2) is 0 Å². The monoisotopic (exact) mass is 276 g/mol. The molecule has 0 aliphatic heterocycles.